The van der Waals surface area contributed by atoms with Crippen LogP contribution in [-0.4, -0.2) is 64.3 Å². The third-order valence-electron chi connectivity index (χ3n) is 3.28. The minimum absolute atomic E-state index is 0.719. The Morgan fingerprint density at radius 1 is 1.14 bits per heavy atom. The van der Waals surface area contributed by atoms with Gasteiger partial charge in [0.2, 0.25) is 0 Å². The lowest BCUT2D eigenvalue weighted by molar-refractivity contribution is -0.0527. The van der Waals surface area contributed by atoms with Crippen molar-refractivity contribution in [1.29, 1.82) is 0 Å². The zero-order chi connectivity index (χ0) is 22.2. The number of ether oxygens (including phenoxy) is 1. The maximum absolute atomic E-state index is 11.8. The second kappa shape index (κ2) is 8.86. The van der Waals surface area contributed by atoms with E-state index in [9.17, 15) is 33.8 Å². The van der Waals surface area contributed by atoms with Crippen LogP contribution in [0.3, 0.4) is 0 Å². The number of phosphoric acid groups is 2. The van der Waals surface area contributed by atoms with E-state index in [-0.39, 0.29) is 0 Å². The third kappa shape index (κ3) is 6.95. The summed E-state index contributed by atoms with van der Waals surface area (Å²) in [7, 11) is -11.0. The first-order chi connectivity index (χ1) is 13.1. The molecule has 0 radical (unpaired) electrons. The third-order valence-corrected chi connectivity index (χ3v) is 8.00. The SMILES string of the molecule is O=c1ccn([C@@H]2O[C@H](COP(O)(=S)OP(=O)(O)OP(=O)(O)O)[C@@H](O)[C@H]2O)c(=O)[nH]1. The van der Waals surface area contributed by atoms with Gasteiger partial charge in [0.05, 0.1) is 6.61 Å². The number of hydrogen-bond acceptors (Lipinski definition) is 11. The van der Waals surface area contributed by atoms with Crippen molar-refractivity contribution >= 4 is 34.2 Å². The number of aliphatic hydroxyl groups is 2. The topological polar surface area (TPSA) is 247 Å². The Morgan fingerprint density at radius 3 is 2.31 bits per heavy atom. The van der Waals surface area contributed by atoms with Crippen LogP contribution in [0.25, 0.3) is 0 Å². The van der Waals surface area contributed by atoms with Gasteiger partial charge < -0.3 is 39.0 Å². The molecular weight excluding hydrogens is 485 g/mol. The summed E-state index contributed by atoms with van der Waals surface area (Å²) < 4.78 is 40.1. The van der Waals surface area contributed by atoms with Crippen molar-refractivity contribution in [3.05, 3.63) is 33.1 Å². The van der Waals surface area contributed by atoms with Gasteiger partial charge in [-0.25, -0.2) is 18.2 Å². The van der Waals surface area contributed by atoms with E-state index in [1.54, 1.807) is 0 Å². The second-order valence-electron chi connectivity index (χ2n) is 5.45. The van der Waals surface area contributed by atoms with Gasteiger partial charge >= 0.3 is 28.1 Å². The van der Waals surface area contributed by atoms with E-state index in [1.165, 1.54) is 0 Å². The number of aromatic nitrogens is 2. The highest BCUT2D eigenvalue weighted by atomic mass is 32.5. The van der Waals surface area contributed by atoms with E-state index in [4.69, 9.17) is 19.4 Å². The van der Waals surface area contributed by atoms with E-state index in [2.05, 4.69) is 25.0 Å². The highest BCUT2D eigenvalue weighted by Crippen LogP contribution is 2.66. The summed E-state index contributed by atoms with van der Waals surface area (Å²) in [4.78, 5) is 60.7. The first-order valence-corrected chi connectivity index (χ1v) is 12.8. The number of nitrogens with one attached hydrogen (secondary N) is 1. The molecule has 1 aromatic heterocycles. The van der Waals surface area contributed by atoms with Crippen LogP contribution in [0.5, 0.6) is 0 Å². The summed E-state index contributed by atoms with van der Waals surface area (Å²) in [6.07, 6.45) is -5.30. The minimum atomic E-state index is -5.52. The van der Waals surface area contributed by atoms with Gasteiger partial charge in [-0.2, -0.15) is 4.31 Å². The largest absolute Gasteiger partial charge is 0.488 e. The molecule has 2 rings (SSSR count). The monoisotopic (exact) mass is 500 g/mol. The van der Waals surface area contributed by atoms with Crippen molar-refractivity contribution in [2.24, 2.45) is 0 Å². The molecule has 2 unspecified atom stereocenters. The van der Waals surface area contributed by atoms with Gasteiger partial charge in [-0.3, -0.25) is 14.3 Å². The molecule has 0 saturated carbocycles. The summed E-state index contributed by atoms with van der Waals surface area (Å²) in [5, 5.41) is 20.0. The van der Waals surface area contributed by atoms with Crippen LogP contribution in [0, 0.1) is 0 Å². The number of rotatable bonds is 8. The summed E-state index contributed by atoms with van der Waals surface area (Å²) in [6.45, 7) is -5.48. The average Bonchev–Trinajstić information content (AvgIpc) is 2.78. The Labute approximate surface area is 165 Å². The van der Waals surface area contributed by atoms with Gasteiger partial charge in [-0.15, -0.1) is 0 Å². The van der Waals surface area contributed by atoms with Crippen LogP contribution in [0.15, 0.2) is 21.9 Å². The molecule has 1 aliphatic rings. The quantitative estimate of drug-likeness (QED) is 0.184. The lowest BCUT2D eigenvalue weighted by Crippen LogP contribution is -2.37. The zero-order valence-corrected chi connectivity index (χ0v) is 17.3. The van der Waals surface area contributed by atoms with Crippen molar-refractivity contribution < 1.29 is 56.8 Å². The Balaban J connectivity index is 2.06. The molecule has 0 aromatic carbocycles. The van der Waals surface area contributed by atoms with Gasteiger partial charge in [-0.1, -0.05) is 0 Å². The molecule has 20 heteroatoms. The fourth-order valence-electron chi connectivity index (χ4n) is 2.20. The van der Waals surface area contributed by atoms with Crippen molar-refractivity contribution in [2.75, 3.05) is 6.61 Å². The average molecular weight is 500 g/mol. The Bertz CT molecular complexity index is 1000. The molecule has 1 aromatic rings. The van der Waals surface area contributed by atoms with E-state index < -0.39 is 64.8 Å². The molecule has 1 aliphatic heterocycles. The molecule has 0 bridgehead atoms. The summed E-state index contributed by atoms with van der Waals surface area (Å²) in [5.41, 5.74) is -1.68. The highest BCUT2D eigenvalue weighted by Gasteiger charge is 2.45. The van der Waals surface area contributed by atoms with E-state index in [1.807, 2.05) is 4.98 Å². The lowest BCUT2D eigenvalue weighted by Gasteiger charge is -2.21. The van der Waals surface area contributed by atoms with E-state index >= 15 is 0 Å². The Morgan fingerprint density at radius 2 is 1.76 bits per heavy atom. The van der Waals surface area contributed by atoms with Gasteiger partial charge in [0.25, 0.3) is 5.56 Å². The van der Waals surface area contributed by atoms with Gasteiger partial charge in [0.15, 0.2) is 6.23 Å². The first-order valence-electron chi connectivity index (χ1n) is 7.22. The van der Waals surface area contributed by atoms with Crippen molar-refractivity contribution in [3.63, 3.8) is 0 Å². The van der Waals surface area contributed by atoms with E-state index in [0.717, 1.165) is 16.8 Å². The minimum Gasteiger partial charge on any atom is -0.387 e. The summed E-state index contributed by atoms with van der Waals surface area (Å²) in [6, 6.07) is 0.953. The van der Waals surface area contributed by atoms with Gasteiger partial charge in [0, 0.05) is 12.3 Å². The van der Waals surface area contributed by atoms with Crippen LogP contribution >= 0.6 is 22.4 Å². The van der Waals surface area contributed by atoms with Crippen molar-refractivity contribution in [1.82, 2.24) is 9.55 Å². The smallest absolute Gasteiger partial charge is 0.387 e. The molecule has 2 heterocycles. The number of aliphatic hydroxyl groups excluding tert-OH is 2. The molecule has 166 valence electrons. The molecule has 0 aliphatic carbocycles. The predicted molar refractivity (Wildman–Crippen MR) is 93.7 cm³/mol. The summed E-state index contributed by atoms with van der Waals surface area (Å²) >= 11 is 4.40. The number of hydrogen-bond donors (Lipinski definition) is 7. The molecular formula is C9H15N2O14P3S. The molecule has 29 heavy (non-hydrogen) atoms. The maximum Gasteiger partial charge on any atom is 0.488 e. The molecule has 16 nitrogen and oxygen atoms in total. The molecule has 1 saturated heterocycles. The Hall–Kier alpha value is -0.610. The summed E-state index contributed by atoms with van der Waals surface area (Å²) in [5.74, 6) is 0. The van der Waals surface area contributed by atoms with Gasteiger partial charge in [-0.05, 0) is 11.8 Å². The van der Waals surface area contributed by atoms with Crippen LogP contribution < -0.4 is 11.2 Å². The molecule has 0 amide bonds. The van der Waals surface area contributed by atoms with Gasteiger partial charge in [0.1, 0.15) is 18.3 Å². The lowest BCUT2D eigenvalue weighted by atomic mass is 10.1. The van der Waals surface area contributed by atoms with Crippen LogP contribution in [0.2, 0.25) is 0 Å². The normalized spacial score (nSPS) is 29.3. The van der Waals surface area contributed by atoms with Crippen molar-refractivity contribution in [2.45, 2.75) is 24.5 Å². The molecule has 7 N–H and O–H groups in total. The number of aromatic amines is 1. The van der Waals surface area contributed by atoms with Crippen LogP contribution in [0.4, 0.5) is 0 Å². The molecule has 1 fully saturated rings. The maximum atomic E-state index is 11.8. The number of nitrogens with zero attached hydrogens (tertiary/aromatic N) is 1. The molecule has 6 atom stereocenters. The second-order valence-corrected chi connectivity index (χ2v) is 11.3. The van der Waals surface area contributed by atoms with Crippen molar-refractivity contribution in [3.8, 4) is 0 Å². The van der Waals surface area contributed by atoms with Crippen LogP contribution in [0.1, 0.15) is 6.23 Å². The fourth-order valence-corrected chi connectivity index (χ4v) is 6.17. The fraction of sp³-hybridized carbons (Fsp3) is 0.556. The highest BCUT2D eigenvalue weighted by molar-refractivity contribution is 8.08. The zero-order valence-electron chi connectivity index (χ0n) is 13.8. The first kappa shape index (κ1) is 24.7. The number of H-pyrrole nitrogens is 1. The standard InChI is InChI=1S/C9H15N2O14P3S/c12-5-1-2-11(9(15)10-5)8-7(14)6(13)4(23-8)3-22-28(21,29)25-27(19,20)24-26(16,17)18/h1-2,4,6-8,13-14H,3H2,(H,19,20)(H,21,29)(H,10,12,15)(H2,16,17,18)/t4-,6-,7-,8-,28?/m1/s1. The Kier molecular flexibility index (Phi) is 7.54. The van der Waals surface area contributed by atoms with Crippen LogP contribution in [-0.2, 0) is 38.8 Å². The predicted octanol–water partition coefficient (Wildman–Crippen LogP) is -2.38. The van der Waals surface area contributed by atoms with E-state index in [0.29, 0.717) is 0 Å². The molecule has 0 spiro atoms.